The molecule has 3 nitrogen and oxygen atoms in total. The first-order chi connectivity index (χ1) is 10.9. The van der Waals surface area contributed by atoms with E-state index in [1.807, 2.05) is 18.2 Å². The third kappa shape index (κ3) is 4.78. The van der Waals surface area contributed by atoms with Crippen LogP contribution in [0, 0.1) is 11.8 Å². The molecule has 1 aromatic rings. The second-order valence-corrected chi connectivity index (χ2v) is 8.27. The Hall–Kier alpha value is -0.910. The Balaban J connectivity index is 2.08. The average molecular weight is 352 g/mol. The SMILES string of the molecule is CC(C)C[C@H](O)[C@@H](C)C(=O)N1C(=S)SC[C@@H]1Cc1ccccc1. The van der Waals surface area contributed by atoms with Gasteiger partial charge in [-0.05, 0) is 24.3 Å². The first-order valence-corrected chi connectivity index (χ1v) is 9.51. The molecule has 5 heteroatoms. The number of thiocarbonyl (C=S) groups is 1. The van der Waals surface area contributed by atoms with Crippen LogP contribution < -0.4 is 0 Å². The van der Waals surface area contributed by atoms with E-state index in [9.17, 15) is 9.90 Å². The molecule has 0 aromatic heterocycles. The number of amides is 1. The standard InChI is InChI=1S/C18H25NO2S2/c1-12(2)9-16(20)13(3)17(21)19-15(11-23-18(19)22)10-14-7-5-4-6-8-14/h4-8,12-13,15-16,20H,9-11H2,1-3H3/t13-,15+,16+/m1/s1. The lowest BCUT2D eigenvalue weighted by Crippen LogP contribution is -2.45. The van der Waals surface area contributed by atoms with Gasteiger partial charge in [0.2, 0.25) is 5.91 Å². The number of nitrogens with zero attached hydrogens (tertiary/aromatic N) is 1. The molecule has 1 heterocycles. The predicted octanol–water partition coefficient (Wildman–Crippen LogP) is 3.50. The van der Waals surface area contributed by atoms with E-state index in [2.05, 4.69) is 26.0 Å². The minimum Gasteiger partial charge on any atom is -0.392 e. The molecule has 1 aliphatic heterocycles. The molecular weight excluding hydrogens is 326 g/mol. The second-order valence-electron chi connectivity index (χ2n) is 6.61. The summed E-state index contributed by atoms with van der Waals surface area (Å²) in [5, 5.41) is 10.3. The van der Waals surface area contributed by atoms with Crippen molar-refractivity contribution in [2.24, 2.45) is 11.8 Å². The van der Waals surface area contributed by atoms with E-state index in [0.717, 1.165) is 12.2 Å². The van der Waals surface area contributed by atoms with Crippen LogP contribution >= 0.6 is 24.0 Å². The zero-order valence-corrected chi connectivity index (χ0v) is 15.6. The van der Waals surface area contributed by atoms with Crippen LogP contribution in [0.15, 0.2) is 30.3 Å². The minimum absolute atomic E-state index is 0.0471. The summed E-state index contributed by atoms with van der Waals surface area (Å²) in [6, 6.07) is 10.2. The van der Waals surface area contributed by atoms with E-state index in [0.29, 0.717) is 16.7 Å². The van der Waals surface area contributed by atoms with Crippen molar-refractivity contribution in [2.45, 2.75) is 45.8 Å². The molecule has 1 N–H and O–H groups in total. The maximum Gasteiger partial charge on any atom is 0.233 e. The van der Waals surface area contributed by atoms with Crippen molar-refractivity contribution < 1.29 is 9.90 Å². The van der Waals surface area contributed by atoms with Gasteiger partial charge in [0.25, 0.3) is 0 Å². The van der Waals surface area contributed by atoms with Gasteiger partial charge >= 0.3 is 0 Å². The minimum atomic E-state index is -0.617. The molecule has 1 fully saturated rings. The zero-order valence-electron chi connectivity index (χ0n) is 13.9. The number of carbonyl (C=O) groups is 1. The number of rotatable bonds is 6. The maximum atomic E-state index is 12.8. The Bertz CT molecular complexity index is 547. The van der Waals surface area contributed by atoms with Crippen molar-refractivity contribution in [3.63, 3.8) is 0 Å². The third-order valence-electron chi connectivity index (χ3n) is 4.19. The summed E-state index contributed by atoms with van der Waals surface area (Å²) >= 11 is 6.95. The molecule has 126 valence electrons. The van der Waals surface area contributed by atoms with Crippen molar-refractivity contribution in [2.75, 3.05) is 5.75 Å². The highest BCUT2D eigenvalue weighted by molar-refractivity contribution is 8.23. The van der Waals surface area contributed by atoms with Gasteiger partial charge in [0.05, 0.1) is 18.1 Å². The molecule has 23 heavy (non-hydrogen) atoms. The Morgan fingerprint density at radius 1 is 1.35 bits per heavy atom. The monoisotopic (exact) mass is 351 g/mol. The van der Waals surface area contributed by atoms with Gasteiger partial charge in [0, 0.05) is 5.75 Å². The fourth-order valence-corrected chi connectivity index (χ4v) is 4.26. The molecule has 1 aromatic carbocycles. The summed E-state index contributed by atoms with van der Waals surface area (Å²) in [6.07, 6.45) is 0.810. The van der Waals surface area contributed by atoms with Gasteiger partial charge in [-0.1, -0.05) is 75.1 Å². The van der Waals surface area contributed by atoms with Gasteiger partial charge in [-0.3, -0.25) is 9.69 Å². The molecule has 0 radical (unpaired) electrons. The lowest BCUT2D eigenvalue weighted by atomic mass is 9.94. The molecule has 0 aliphatic carbocycles. The fourth-order valence-electron chi connectivity index (χ4n) is 2.84. The maximum absolute atomic E-state index is 12.8. The van der Waals surface area contributed by atoms with Crippen molar-refractivity contribution >= 4 is 34.2 Å². The number of carbonyl (C=O) groups excluding carboxylic acids is 1. The Morgan fingerprint density at radius 3 is 2.61 bits per heavy atom. The molecule has 0 unspecified atom stereocenters. The summed E-state index contributed by atoms with van der Waals surface area (Å²) in [5.41, 5.74) is 1.20. The van der Waals surface area contributed by atoms with Crippen LogP contribution in [0.2, 0.25) is 0 Å². The molecule has 2 rings (SSSR count). The third-order valence-corrected chi connectivity index (χ3v) is 5.74. The van der Waals surface area contributed by atoms with Gasteiger partial charge in [0.1, 0.15) is 4.32 Å². The highest BCUT2D eigenvalue weighted by Crippen LogP contribution is 2.29. The first kappa shape index (κ1) is 18.4. The highest BCUT2D eigenvalue weighted by atomic mass is 32.2. The van der Waals surface area contributed by atoms with E-state index in [1.165, 1.54) is 5.56 Å². The van der Waals surface area contributed by atoms with Crippen LogP contribution in [0.1, 0.15) is 32.8 Å². The van der Waals surface area contributed by atoms with Crippen LogP contribution in [0.25, 0.3) is 0 Å². The van der Waals surface area contributed by atoms with Gasteiger partial charge in [0.15, 0.2) is 0 Å². The number of hydrogen-bond acceptors (Lipinski definition) is 4. The Kier molecular flexibility index (Phi) is 6.62. The van der Waals surface area contributed by atoms with E-state index < -0.39 is 12.0 Å². The number of aliphatic hydroxyl groups excluding tert-OH is 1. The second kappa shape index (κ2) is 8.27. The summed E-state index contributed by atoms with van der Waals surface area (Å²) in [5.74, 6) is 0.716. The summed E-state index contributed by atoms with van der Waals surface area (Å²) < 4.78 is 0.638. The predicted molar refractivity (Wildman–Crippen MR) is 100 cm³/mol. The molecule has 0 saturated carbocycles. The highest BCUT2D eigenvalue weighted by Gasteiger charge is 2.37. The van der Waals surface area contributed by atoms with Crippen LogP contribution in [-0.2, 0) is 11.2 Å². The van der Waals surface area contributed by atoms with Crippen LogP contribution in [-0.4, -0.2) is 38.1 Å². The molecule has 1 amide bonds. The van der Waals surface area contributed by atoms with E-state index >= 15 is 0 Å². The first-order valence-electron chi connectivity index (χ1n) is 8.12. The molecule has 0 bridgehead atoms. The summed E-state index contributed by atoms with van der Waals surface area (Å²) in [4.78, 5) is 14.6. The number of benzene rings is 1. The number of thioether (sulfide) groups is 1. The van der Waals surface area contributed by atoms with Crippen molar-refractivity contribution in [3.05, 3.63) is 35.9 Å². The lowest BCUT2D eigenvalue weighted by Gasteiger charge is -2.29. The van der Waals surface area contributed by atoms with E-state index in [-0.39, 0.29) is 11.9 Å². The molecule has 1 aliphatic rings. The Labute approximate surface area is 148 Å². The number of aliphatic hydroxyl groups is 1. The summed E-state index contributed by atoms with van der Waals surface area (Å²) in [6.45, 7) is 5.91. The van der Waals surface area contributed by atoms with Gasteiger partial charge in [-0.25, -0.2) is 0 Å². The summed E-state index contributed by atoms with van der Waals surface area (Å²) in [7, 11) is 0. The van der Waals surface area contributed by atoms with Crippen LogP contribution in [0.5, 0.6) is 0 Å². The molecule has 0 spiro atoms. The van der Waals surface area contributed by atoms with Gasteiger partial charge < -0.3 is 5.11 Å². The zero-order chi connectivity index (χ0) is 17.0. The van der Waals surface area contributed by atoms with E-state index in [4.69, 9.17) is 12.2 Å². The smallest absolute Gasteiger partial charge is 0.233 e. The van der Waals surface area contributed by atoms with Gasteiger partial charge in [-0.15, -0.1) is 0 Å². The molecule has 3 atom stereocenters. The lowest BCUT2D eigenvalue weighted by molar-refractivity contribution is -0.135. The largest absolute Gasteiger partial charge is 0.392 e. The van der Waals surface area contributed by atoms with Gasteiger partial charge in [-0.2, -0.15) is 0 Å². The normalized spacial score (nSPS) is 20.8. The molecule has 1 saturated heterocycles. The average Bonchev–Trinajstić information content (AvgIpc) is 2.86. The Morgan fingerprint density at radius 2 is 2.00 bits per heavy atom. The van der Waals surface area contributed by atoms with Crippen molar-refractivity contribution in [3.8, 4) is 0 Å². The topological polar surface area (TPSA) is 40.5 Å². The van der Waals surface area contributed by atoms with Crippen LogP contribution in [0.4, 0.5) is 0 Å². The van der Waals surface area contributed by atoms with Crippen LogP contribution in [0.3, 0.4) is 0 Å². The van der Waals surface area contributed by atoms with Crippen molar-refractivity contribution in [1.82, 2.24) is 4.90 Å². The van der Waals surface area contributed by atoms with E-state index in [1.54, 1.807) is 23.6 Å². The van der Waals surface area contributed by atoms with Crippen molar-refractivity contribution in [1.29, 1.82) is 0 Å². The quantitative estimate of drug-likeness (QED) is 0.797. The fraction of sp³-hybridized carbons (Fsp3) is 0.556. The number of hydrogen-bond donors (Lipinski definition) is 1. The molecular formula is C18H25NO2S2.